The maximum absolute atomic E-state index is 12.1. The van der Waals surface area contributed by atoms with Crippen LogP contribution in [0.1, 0.15) is 6.42 Å². The predicted octanol–water partition coefficient (Wildman–Crippen LogP) is -0.263. The molecule has 0 saturated carbocycles. The second-order valence-corrected chi connectivity index (χ2v) is 5.85. The van der Waals surface area contributed by atoms with Crippen molar-refractivity contribution in [1.82, 2.24) is 20.0 Å². The van der Waals surface area contributed by atoms with E-state index >= 15 is 0 Å². The summed E-state index contributed by atoms with van der Waals surface area (Å²) in [5.74, 6) is 0.490. The van der Waals surface area contributed by atoms with Crippen LogP contribution < -0.4 is 5.32 Å². The van der Waals surface area contributed by atoms with Gasteiger partial charge < -0.3 is 14.8 Å². The van der Waals surface area contributed by atoms with Gasteiger partial charge in [-0.25, -0.2) is 0 Å². The fourth-order valence-electron chi connectivity index (χ4n) is 3.17. The molecule has 0 aliphatic carbocycles. The summed E-state index contributed by atoms with van der Waals surface area (Å²) in [7, 11) is 0. The van der Waals surface area contributed by atoms with Gasteiger partial charge in [-0.05, 0) is 12.5 Å². The summed E-state index contributed by atoms with van der Waals surface area (Å²) in [6.45, 7) is 5.94. The third kappa shape index (κ3) is 4.06. The Morgan fingerprint density at radius 3 is 2.86 bits per heavy atom. The molecular weight excluding hydrogens is 284 g/mol. The summed E-state index contributed by atoms with van der Waals surface area (Å²) in [5.41, 5.74) is 0. The highest BCUT2D eigenvalue weighted by molar-refractivity contribution is 5.75. The lowest BCUT2D eigenvalue weighted by Gasteiger charge is -2.37. The first-order valence-electron chi connectivity index (χ1n) is 7.96. The van der Waals surface area contributed by atoms with Crippen LogP contribution in [0.3, 0.4) is 0 Å². The maximum Gasteiger partial charge on any atom is 0.241 e. The normalized spacial score (nSPS) is 24.3. The molecule has 3 rings (SSSR count). The number of ether oxygens (including phenoxy) is 2. The van der Waals surface area contributed by atoms with Crippen molar-refractivity contribution in [2.75, 3.05) is 46.1 Å². The lowest BCUT2D eigenvalue weighted by Crippen LogP contribution is -2.52. The van der Waals surface area contributed by atoms with E-state index in [4.69, 9.17) is 9.47 Å². The monoisotopic (exact) mass is 308 g/mol. The minimum absolute atomic E-state index is 0.000810. The Morgan fingerprint density at radius 2 is 2.18 bits per heavy atom. The van der Waals surface area contributed by atoms with E-state index in [0.717, 1.165) is 45.9 Å². The molecule has 2 saturated heterocycles. The van der Waals surface area contributed by atoms with Gasteiger partial charge in [0.2, 0.25) is 5.91 Å². The fraction of sp³-hybridized carbons (Fsp3) is 0.733. The number of nitrogens with one attached hydrogen (secondary N) is 1. The van der Waals surface area contributed by atoms with Gasteiger partial charge in [-0.2, -0.15) is 5.10 Å². The first kappa shape index (κ1) is 15.5. The standard InChI is InChI=1S/C15H24N4O3/c20-15(11-19-4-1-3-17-19)16-10-14(13-2-7-22-12-13)18-5-8-21-9-6-18/h1,3-4,13-14H,2,5-12H2,(H,16,20)/t13-,14+/m1/s1. The number of morpholine rings is 1. The van der Waals surface area contributed by atoms with E-state index in [0.29, 0.717) is 18.5 Å². The number of carbonyl (C=O) groups is 1. The molecule has 0 aromatic carbocycles. The maximum atomic E-state index is 12.1. The van der Waals surface area contributed by atoms with Crippen molar-refractivity contribution < 1.29 is 14.3 Å². The summed E-state index contributed by atoms with van der Waals surface area (Å²) >= 11 is 0. The van der Waals surface area contributed by atoms with Crippen molar-refractivity contribution in [1.29, 1.82) is 0 Å². The van der Waals surface area contributed by atoms with Crippen LogP contribution in [0.2, 0.25) is 0 Å². The molecule has 2 fully saturated rings. The Balaban J connectivity index is 1.53. The molecule has 0 spiro atoms. The van der Waals surface area contributed by atoms with Gasteiger partial charge in [0, 0.05) is 50.6 Å². The highest BCUT2D eigenvalue weighted by Crippen LogP contribution is 2.21. The first-order chi connectivity index (χ1) is 10.8. The number of rotatable bonds is 6. The topological polar surface area (TPSA) is 68.6 Å². The molecule has 1 aromatic heterocycles. The molecular formula is C15H24N4O3. The second-order valence-electron chi connectivity index (χ2n) is 5.85. The van der Waals surface area contributed by atoms with Crippen LogP contribution >= 0.6 is 0 Å². The Labute approximate surface area is 130 Å². The number of nitrogens with zero attached hydrogens (tertiary/aromatic N) is 3. The quantitative estimate of drug-likeness (QED) is 0.784. The summed E-state index contributed by atoms with van der Waals surface area (Å²) in [6, 6.07) is 2.15. The second kappa shape index (κ2) is 7.71. The van der Waals surface area contributed by atoms with Crippen LogP contribution in [0.4, 0.5) is 0 Å². The largest absolute Gasteiger partial charge is 0.381 e. The minimum Gasteiger partial charge on any atom is -0.381 e. The van der Waals surface area contributed by atoms with Crippen molar-refractivity contribution in [3.05, 3.63) is 18.5 Å². The van der Waals surface area contributed by atoms with Crippen LogP contribution in [0.25, 0.3) is 0 Å². The Bertz CT molecular complexity index is 453. The average molecular weight is 308 g/mol. The summed E-state index contributed by atoms with van der Waals surface area (Å²) in [6.07, 6.45) is 4.54. The van der Waals surface area contributed by atoms with E-state index in [-0.39, 0.29) is 12.5 Å². The van der Waals surface area contributed by atoms with Crippen LogP contribution in [0.5, 0.6) is 0 Å². The molecule has 3 heterocycles. The zero-order valence-electron chi connectivity index (χ0n) is 12.8. The van der Waals surface area contributed by atoms with E-state index in [9.17, 15) is 4.79 Å². The van der Waals surface area contributed by atoms with Gasteiger partial charge >= 0.3 is 0 Å². The highest BCUT2D eigenvalue weighted by atomic mass is 16.5. The van der Waals surface area contributed by atoms with Crippen LogP contribution in [-0.2, 0) is 20.8 Å². The summed E-state index contributed by atoms with van der Waals surface area (Å²) in [4.78, 5) is 14.5. The molecule has 7 nitrogen and oxygen atoms in total. The average Bonchev–Trinajstić information content (AvgIpc) is 3.22. The van der Waals surface area contributed by atoms with Gasteiger partial charge in [0.25, 0.3) is 0 Å². The van der Waals surface area contributed by atoms with Crippen LogP contribution in [0, 0.1) is 5.92 Å². The number of carbonyl (C=O) groups excluding carboxylic acids is 1. The smallest absolute Gasteiger partial charge is 0.241 e. The third-order valence-corrected chi connectivity index (χ3v) is 4.40. The van der Waals surface area contributed by atoms with Crippen molar-refractivity contribution in [2.24, 2.45) is 5.92 Å². The number of amides is 1. The Morgan fingerprint density at radius 1 is 1.32 bits per heavy atom. The van der Waals surface area contributed by atoms with Gasteiger partial charge in [-0.3, -0.25) is 14.4 Å². The van der Waals surface area contributed by atoms with Gasteiger partial charge in [0.05, 0.1) is 19.8 Å². The molecule has 2 aliphatic rings. The first-order valence-corrected chi connectivity index (χ1v) is 7.96. The van der Waals surface area contributed by atoms with Gasteiger partial charge in [-0.15, -0.1) is 0 Å². The van der Waals surface area contributed by atoms with Crippen molar-refractivity contribution in [3.8, 4) is 0 Å². The fourth-order valence-corrected chi connectivity index (χ4v) is 3.17. The molecule has 0 radical (unpaired) electrons. The van der Waals surface area contributed by atoms with E-state index in [1.807, 2.05) is 6.07 Å². The van der Waals surface area contributed by atoms with E-state index in [2.05, 4.69) is 15.3 Å². The molecule has 1 aromatic rings. The zero-order chi connectivity index (χ0) is 15.2. The predicted molar refractivity (Wildman–Crippen MR) is 80.3 cm³/mol. The molecule has 1 N–H and O–H groups in total. The number of aromatic nitrogens is 2. The molecule has 2 aliphatic heterocycles. The molecule has 1 amide bonds. The van der Waals surface area contributed by atoms with E-state index in [1.165, 1.54) is 0 Å². The highest BCUT2D eigenvalue weighted by Gasteiger charge is 2.31. The lowest BCUT2D eigenvalue weighted by molar-refractivity contribution is -0.122. The van der Waals surface area contributed by atoms with Crippen molar-refractivity contribution in [2.45, 2.75) is 19.0 Å². The number of hydrogen-bond acceptors (Lipinski definition) is 5. The van der Waals surface area contributed by atoms with E-state index in [1.54, 1.807) is 17.1 Å². The van der Waals surface area contributed by atoms with E-state index < -0.39 is 0 Å². The summed E-state index contributed by atoms with van der Waals surface area (Å²) in [5, 5.41) is 7.12. The molecule has 7 heteroatoms. The molecule has 22 heavy (non-hydrogen) atoms. The third-order valence-electron chi connectivity index (χ3n) is 4.40. The minimum atomic E-state index is 0.000810. The van der Waals surface area contributed by atoms with Gasteiger partial charge in [0.1, 0.15) is 6.54 Å². The zero-order valence-corrected chi connectivity index (χ0v) is 12.8. The SMILES string of the molecule is O=C(Cn1cccn1)NC[C@@H]([C@@H]1CCOC1)N1CCOCC1. The number of hydrogen-bond donors (Lipinski definition) is 1. The summed E-state index contributed by atoms with van der Waals surface area (Å²) < 4.78 is 12.6. The Kier molecular flexibility index (Phi) is 5.42. The van der Waals surface area contributed by atoms with Crippen molar-refractivity contribution >= 4 is 5.91 Å². The van der Waals surface area contributed by atoms with Gasteiger partial charge in [0.15, 0.2) is 0 Å². The molecule has 2 atom stereocenters. The van der Waals surface area contributed by atoms with Crippen LogP contribution in [0.15, 0.2) is 18.5 Å². The van der Waals surface area contributed by atoms with Crippen molar-refractivity contribution in [3.63, 3.8) is 0 Å². The molecule has 0 bridgehead atoms. The van der Waals surface area contributed by atoms with Gasteiger partial charge in [-0.1, -0.05) is 0 Å². The Hall–Kier alpha value is -1.44. The molecule has 122 valence electrons. The lowest BCUT2D eigenvalue weighted by atomic mass is 9.97. The molecule has 0 unspecified atom stereocenters. The van der Waals surface area contributed by atoms with Crippen LogP contribution in [-0.4, -0.2) is 72.7 Å².